The van der Waals surface area contributed by atoms with Crippen molar-refractivity contribution in [3.63, 3.8) is 0 Å². The fraction of sp³-hybridized carbons (Fsp3) is 0.333. The summed E-state index contributed by atoms with van der Waals surface area (Å²) in [5.41, 5.74) is 1.91. The molecule has 1 saturated heterocycles. The topological polar surface area (TPSA) is 93.0 Å². The second kappa shape index (κ2) is 9.66. The molecule has 2 heterocycles. The summed E-state index contributed by atoms with van der Waals surface area (Å²) in [4.78, 5) is 17.2. The predicted octanol–water partition coefficient (Wildman–Crippen LogP) is 3.50. The van der Waals surface area contributed by atoms with Crippen LogP contribution in [0.2, 0.25) is 0 Å². The van der Waals surface area contributed by atoms with Crippen molar-refractivity contribution in [2.45, 2.75) is 18.2 Å². The number of ether oxygens (including phenoxy) is 1. The smallest absolute Gasteiger partial charge is 0.276 e. The Morgan fingerprint density at radius 1 is 1.06 bits per heavy atom. The highest BCUT2D eigenvalue weighted by Crippen LogP contribution is 2.29. The maximum Gasteiger partial charge on any atom is 0.276 e. The molecule has 33 heavy (non-hydrogen) atoms. The molecule has 9 heteroatoms. The van der Waals surface area contributed by atoms with Gasteiger partial charge < -0.3 is 19.1 Å². The summed E-state index contributed by atoms with van der Waals surface area (Å²) in [5, 5.41) is 3.95. The minimum atomic E-state index is -3.28. The van der Waals surface area contributed by atoms with E-state index in [1.54, 1.807) is 42.3 Å². The number of rotatable bonds is 7. The Morgan fingerprint density at radius 2 is 1.76 bits per heavy atom. The number of amides is 1. The van der Waals surface area contributed by atoms with Gasteiger partial charge >= 0.3 is 0 Å². The molecule has 0 bridgehead atoms. The number of carbonyl (C=O) groups excluding carboxylic acids is 1. The first kappa shape index (κ1) is 22.8. The Hall–Kier alpha value is -3.33. The van der Waals surface area contributed by atoms with Crippen molar-refractivity contribution in [3.8, 4) is 17.1 Å². The van der Waals surface area contributed by atoms with Crippen molar-refractivity contribution in [3.05, 3.63) is 60.3 Å². The number of carbonyl (C=O) groups is 1. The number of hydrogen-bond acceptors (Lipinski definition) is 7. The fourth-order valence-corrected chi connectivity index (χ4v) is 5.25. The van der Waals surface area contributed by atoms with Gasteiger partial charge in [0.2, 0.25) is 0 Å². The number of benzene rings is 2. The largest absolute Gasteiger partial charge is 0.495 e. The van der Waals surface area contributed by atoms with E-state index in [0.29, 0.717) is 43.9 Å². The van der Waals surface area contributed by atoms with E-state index in [1.807, 2.05) is 31.2 Å². The lowest BCUT2D eigenvalue weighted by Gasteiger charge is -2.36. The maximum absolute atomic E-state index is 12.9. The molecule has 0 aliphatic carbocycles. The Kier molecular flexibility index (Phi) is 6.69. The van der Waals surface area contributed by atoms with Crippen LogP contribution in [0.4, 0.5) is 5.69 Å². The van der Waals surface area contributed by atoms with E-state index < -0.39 is 9.84 Å². The van der Waals surface area contributed by atoms with Gasteiger partial charge in [-0.1, -0.05) is 24.2 Å². The molecule has 3 aromatic rings. The zero-order valence-corrected chi connectivity index (χ0v) is 19.5. The summed E-state index contributed by atoms with van der Waals surface area (Å²) >= 11 is 0. The average molecular weight is 470 g/mol. The van der Waals surface area contributed by atoms with E-state index in [0.717, 1.165) is 11.4 Å². The molecule has 0 N–H and O–H groups in total. The molecule has 1 amide bonds. The summed E-state index contributed by atoms with van der Waals surface area (Å²) < 4.78 is 35.2. The van der Waals surface area contributed by atoms with Gasteiger partial charge in [0.1, 0.15) is 5.75 Å². The van der Waals surface area contributed by atoms with Crippen molar-refractivity contribution >= 4 is 21.4 Å². The van der Waals surface area contributed by atoms with E-state index in [4.69, 9.17) is 9.26 Å². The highest BCUT2D eigenvalue weighted by Gasteiger charge is 2.26. The quantitative estimate of drug-likeness (QED) is 0.523. The Bertz CT molecular complexity index is 1210. The summed E-state index contributed by atoms with van der Waals surface area (Å²) in [7, 11) is -1.63. The van der Waals surface area contributed by atoms with Crippen LogP contribution >= 0.6 is 0 Å². The lowest BCUT2D eigenvalue weighted by molar-refractivity contribution is 0.0736. The van der Waals surface area contributed by atoms with Crippen LogP contribution in [0, 0.1) is 0 Å². The number of aromatic nitrogens is 1. The van der Waals surface area contributed by atoms with Gasteiger partial charge in [-0.25, -0.2) is 8.42 Å². The number of sulfone groups is 1. The van der Waals surface area contributed by atoms with E-state index in [9.17, 15) is 13.2 Å². The van der Waals surface area contributed by atoms with Gasteiger partial charge in [0.25, 0.3) is 5.91 Å². The van der Waals surface area contributed by atoms with Gasteiger partial charge in [0.15, 0.2) is 21.3 Å². The molecule has 1 fully saturated rings. The number of hydrogen-bond donors (Lipinski definition) is 0. The maximum atomic E-state index is 12.9. The molecule has 1 aliphatic heterocycles. The normalized spacial score (nSPS) is 14.4. The van der Waals surface area contributed by atoms with Crippen LogP contribution in [0.25, 0.3) is 11.3 Å². The molecule has 0 unspecified atom stereocenters. The van der Waals surface area contributed by atoms with Gasteiger partial charge in [-0.2, -0.15) is 0 Å². The molecule has 4 rings (SSSR count). The molecule has 0 spiro atoms. The average Bonchev–Trinajstić information content (AvgIpc) is 3.34. The molecular weight excluding hydrogens is 442 g/mol. The van der Waals surface area contributed by atoms with Crippen LogP contribution in [0.3, 0.4) is 0 Å². The Morgan fingerprint density at radius 3 is 2.42 bits per heavy atom. The summed E-state index contributed by atoms with van der Waals surface area (Å²) in [5.74, 6) is 1.15. The Labute approximate surface area is 193 Å². The first-order chi connectivity index (χ1) is 15.9. The zero-order valence-electron chi connectivity index (χ0n) is 18.7. The molecule has 0 atom stereocenters. The highest BCUT2D eigenvalue weighted by molar-refractivity contribution is 7.91. The number of piperazine rings is 1. The van der Waals surface area contributed by atoms with Gasteiger partial charge in [0, 0.05) is 37.8 Å². The standard InChI is InChI=1S/C24H27N3O5S/c1-3-16-33(29,30)19-10-8-18(9-11-19)23-17-20(25-32-23)24(28)27-14-12-26(13-15-27)21-6-4-5-7-22(21)31-2/h4-11,17H,3,12-16H2,1-2H3. The van der Waals surface area contributed by atoms with E-state index >= 15 is 0 Å². The van der Waals surface area contributed by atoms with Crippen LogP contribution in [0.1, 0.15) is 23.8 Å². The van der Waals surface area contributed by atoms with Crippen LogP contribution in [-0.4, -0.2) is 63.4 Å². The number of nitrogens with zero attached hydrogens (tertiary/aromatic N) is 3. The molecule has 1 aliphatic rings. The van der Waals surface area contributed by atoms with Crippen molar-refractivity contribution in [1.82, 2.24) is 10.1 Å². The van der Waals surface area contributed by atoms with Gasteiger partial charge in [-0.05, 0) is 42.8 Å². The third-order valence-corrected chi connectivity index (χ3v) is 7.63. The minimum absolute atomic E-state index is 0.109. The van der Waals surface area contributed by atoms with Gasteiger partial charge in [0.05, 0.1) is 23.4 Å². The lowest BCUT2D eigenvalue weighted by Crippen LogP contribution is -2.49. The SMILES string of the molecule is CCCS(=O)(=O)c1ccc(-c2cc(C(=O)N3CCN(c4ccccc4OC)CC3)no2)cc1. The highest BCUT2D eigenvalue weighted by atomic mass is 32.2. The molecule has 0 radical (unpaired) electrons. The van der Waals surface area contributed by atoms with Gasteiger partial charge in [-0.15, -0.1) is 0 Å². The van der Waals surface area contributed by atoms with Gasteiger partial charge in [-0.3, -0.25) is 4.79 Å². The van der Waals surface area contributed by atoms with Crippen LogP contribution < -0.4 is 9.64 Å². The Balaban J connectivity index is 1.41. The fourth-order valence-electron chi connectivity index (χ4n) is 3.93. The van der Waals surface area contributed by atoms with Crippen LogP contribution in [0.5, 0.6) is 5.75 Å². The summed E-state index contributed by atoms with van der Waals surface area (Å²) in [6, 6.07) is 15.9. The van der Waals surface area contributed by atoms with Crippen molar-refractivity contribution < 1.29 is 22.5 Å². The van der Waals surface area contributed by atoms with Crippen molar-refractivity contribution in [2.24, 2.45) is 0 Å². The third-order valence-electron chi connectivity index (χ3n) is 5.69. The molecule has 8 nitrogen and oxygen atoms in total. The zero-order chi connectivity index (χ0) is 23.4. The minimum Gasteiger partial charge on any atom is -0.495 e. The molecule has 1 aromatic heterocycles. The second-order valence-electron chi connectivity index (χ2n) is 7.87. The molecule has 174 valence electrons. The van der Waals surface area contributed by atoms with E-state index in [2.05, 4.69) is 10.1 Å². The number of methoxy groups -OCH3 is 1. The van der Waals surface area contributed by atoms with Crippen molar-refractivity contribution in [2.75, 3.05) is 43.9 Å². The lowest BCUT2D eigenvalue weighted by atomic mass is 10.1. The van der Waals surface area contributed by atoms with Crippen LogP contribution in [-0.2, 0) is 9.84 Å². The molecular formula is C24H27N3O5S. The summed E-state index contributed by atoms with van der Waals surface area (Å²) in [6.07, 6.45) is 0.560. The molecule has 0 saturated carbocycles. The first-order valence-electron chi connectivity index (χ1n) is 10.9. The van der Waals surface area contributed by atoms with Crippen LogP contribution in [0.15, 0.2) is 64.0 Å². The summed E-state index contributed by atoms with van der Waals surface area (Å²) in [6.45, 7) is 4.32. The second-order valence-corrected chi connectivity index (χ2v) is 9.98. The number of para-hydroxylation sites is 2. The first-order valence-corrected chi connectivity index (χ1v) is 12.6. The third kappa shape index (κ3) is 4.88. The number of anilines is 1. The van der Waals surface area contributed by atoms with Crippen molar-refractivity contribution in [1.29, 1.82) is 0 Å². The molecule has 2 aromatic carbocycles. The van der Waals surface area contributed by atoms with E-state index in [1.165, 1.54) is 0 Å². The predicted molar refractivity (Wildman–Crippen MR) is 125 cm³/mol. The monoisotopic (exact) mass is 469 g/mol. The van der Waals surface area contributed by atoms with E-state index in [-0.39, 0.29) is 22.2 Å².